The molecule has 6 heteroatoms. The highest BCUT2D eigenvalue weighted by Gasteiger charge is 1.99. The first kappa shape index (κ1) is 10.7. The van der Waals surface area contributed by atoms with E-state index in [1.165, 1.54) is 45.1 Å². The number of thioether (sulfide) groups is 2. The second-order valence-corrected chi connectivity index (χ2v) is 5.45. The SMILES string of the molecule is CSC(=N)SSC(=N)SC. The molecule has 0 aromatic rings. The van der Waals surface area contributed by atoms with Crippen LogP contribution in [-0.4, -0.2) is 21.3 Å². The van der Waals surface area contributed by atoms with Gasteiger partial charge < -0.3 is 0 Å². The quantitative estimate of drug-likeness (QED) is 0.368. The molecular weight excluding hydrogens is 204 g/mol. The lowest BCUT2D eigenvalue weighted by Gasteiger charge is -1.97. The van der Waals surface area contributed by atoms with Gasteiger partial charge >= 0.3 is 0 Å². The topological polar surface area (TPSA) is 47.7 Å². The molecule has 0 saturated carbocycles. The predicted molar refractivity (Wildman–Crippen MR) is 57.7 cm³/mol. The van der Waals surface area contributed by atoms with Gasteiger partial charge in [-0.25, -0.2) is 0 Å². The van der Waals surface area contributed by atoms with Gasteiger partial charge in [-0.2, -0.15) is 0 Å². The van der Waals surface area contributed by atoms with Crippen molar-refractivity contribution in [2.75, 3.05) is 12.5 Å². The standard InChI is InChI=1S/C4H8N2S4/c1-7-3(5)9-10-4(6)8-2/h5-6H,1-2H3. The van der Waals surface area contributed by atoms with Gasteiger partial charge in [0.1, 0.15) is 8.75 Å². The Morgan fingerprint density at radius 1 is 0.900 bits per heavy atom. The fraction of sp³-hybridized carbons (Fsp3) is 0.500. The molecule has 0 saturated heterocycles. The number of rotatable bonds is 0. The maximum absolute atomic E-state index is 7.20. The van der Waals surface area contributed by atoms with E-state index >= 15 is 0 Å². The summed E-state index contributed by atoms with van der Waals surface area (Å²) in [5, 5.41) is 14.4. The van der Waals surface area contributed by atoms with Crippen molar-refractivity contribution in [1.29, 1.82) is 10.8 Å². The fourth-order valence-electron chi connectivity index (χ4n) is 0.144. The van der Waals surface area contributed by atoms with Crippen LogP contribution in [0, 0.1) is 10.8 Å². The van der Waals surface area contributed by atoms with Crippen molar-refractivity contribution in [3.63, 3.8) is 0 Å². The number of hydrogen-bond donors (Lipinski definition) is 2. The van der Waals surface area contributed by atoms with Gasteiger partial charge in [-0.1, -0.05) is 0 Å². The van der Waals surface area contributed by atoms with E-state index in [4.69, 9.17) is 10.8 Å². The molecule has 0 radical (unpaired) electrons. The van der Waals surface area contributed by atoms with Crippen LogP contribution in [0.5, 0.6) is 0 Å². The van der Waals surface area contributed by atoms with Gasteiger partial charge in [0.15, 0.2) is 0 Å². The van der Waals surface area contributed by atoms with Gasteiger partial charge in [0, 0.05) is 0 Å². The Kier molecular flexibility index (Phi) is 6.93. The van der Waals surface area contributed by atoms with Crippen LogP contribution in [0.4, 0.5) is 0 Å². The molecule has 0 bridgehead atoms. The Morgan fingerprint density at radius 3 is 1.40 bits per heavy atom. The van der Waals surface area contributed by atoms with Crippen LogP contribution < -0.4 is 0 Å². The lowest BCUT2D eigenvalue weighted by molar-refractivity contribution is 1.59. The summed E-state index contributed by atoms with van der Waals surface area (Å²) >= 11 is 2.79. The Labute approximate surface area is 77.1 Å². The zero-order valence-electron chi connectivity index (χ0n) is 5.63. The predicted octanol–water partition coefficient (Wildman–Crippen LogP) is 2.96. The van der Waals surface area contributed by atoms with Crippen LogP contribution in [0.2, 0.25) is 0 Å². The first-order chi connectivity index (χ1) is 4.70. The smallest absolute Gasteiger partial charge is 0.132 e. The van der Waals surface area contributed by atoms with Gasteiger partial charge in [0.2, 0.25) is 0 Å². The molecule has 0 aliphatic carbocycles. The summed E-state index contributed by atoms with van der Waals surface area (Å²) in [7, 11) is 2.65. The van der Waals surface area contributed by atoms with Crippen molar-refractivity contribution >= 4 is 53.9 Å². The minimum absolute atomic E-state index is 0.545. The zero-order chi connectivity index (χ0) is 7.98. The monoisotopic (exact) mass is 212 g/mol. The molecule has 0 fully saturated rings. The average Bonchev–Trinajstić information content (AvgIpc) is 1.99. The summed E-state index contributed by atoms with van der Waals surface area (Å²) in [5.74, 6) is 0. The van der Waals surface area contributed by atoms with Crippen molar-refractivity contribution in [3.05, 3.63) is 0 Å². The second kappa shape index (κ2) is 6.45. The van der Waals surface area contributed by atoms with E-state index in [9.17, 15) is 0 Å². The molecule has 0 aromatic carbocycles. The van der Waals surface area contributed by atoms with Crippen LogP contribution in [0.1, 0.15) is 0 Å². The summed E-state index contributed by atoms with van der Waals surface area (Å²) in [6, 6.07) is 0. The van der Waals surface area contributed by atoms with Crippen LogP contribution in [0.15, 0.2) is 0 Å². The molecule has 0 heterocycles. The van der Waals surface area contributed by atoms with Crippen LogP contribution in [-0.2, 0) is 0 Å². The largest absolute Gasteiger partial charge is 0.287 e. The molecule has 0 spiro atoms. The van der Waals surface area contributed by atoms with Crippen LogP contribution >= 0.6 is 45.1 Å². The molecule has 10 heavy (non-hydrogen) atoms. The van der Waals surface area contributed by atoms with Gasteiger partial charge in [-0.15, -0.1) is 23.5 Å². The molecule has 0 atom stereocenters. The van der Waals surface area contributed by atoms with E-state index in [1.807, 2.05) is 12.5 Å². The Balaban J connectivity index is 3.35. The molecular formula is C4H8N2S4. The minimum atomic E-state index is 0.545. The van der Waals surface area contributed by atoms with Gasteiger partial charge in [-0.05, 0) is 34.1 Å². The average molecular weight is 212 g/mol. The highest BCUT2D eigenvalue weighted by Crippen LogP contribution is 2.30. The van der Waals surface area contributed by atoms with Crippen molar-refractivity contribution in [3.8, 4) is 0 Å². The number of nitrogens with one attached hydrogen (secondary N) is 2. The summed E-state index contributed by atoms with van der Waals surface area (Å²) < 4.78 is 1.09. The Bertz CT molecular complexity index is 119. The van der Waals surface area contributed by atoms with Gasteiger partial charge in [0.25, 0.3) is 0 Å². The van der Waals surface area contributed by atoms with E-state index in [1.54, 1.807) is 0 Å². The van der Waals surface area contributed by atoms with Gasteiger partial charge in [0.05, 0.1) is 0 Å². The maximum atomic E-state index is 7.20. The Morgan fingerprint density at radius 2 is 1.20 bits per heavy atom. The third kappa shape index (κ3) is 5.52. The lowest BCUT2D eigenvalue weighted by atomic mass is 11.7. The van der Waals surface area contributed by atoms with Crippen molar-refractivity contribution in [1.82, 2.24) is 0 Å². The highest BCUT2D eigenvalue weighted by molar-refractivity contribution is 8.93. The molecule has 0 aliphatic rings. The van der Waals surface area contributed by atoms with E-state index in [0.717, 1.165) is 0 Å². The normalized spacial score (nSPS) is 9.40. The molecule has 2 N–H and O–H groups in total. The van der Waals surface area contributed by atoms with Crippen molar-refractivity contribution < 1.29 is 0 Å². The van der Waals surface area contributed by atoms with E-state index in [2.05, 4.69) is 0 Å². The summed E-state index contributed by atoms with van der Waals surface area (Å²) in [5.41, 5.74) is 0. The van der Waals surface area contributed by atoms with Crippen LogP contribution in [0.3, 0.4) is 0 Å². The molecule has 0 aliphatic heterocycles. The first-order valence-corrected chi connectivity index (χ1v) is 6.90. The van der Waals surface area contributed by atoms with E-state index in [0.29, 0.717) is 8.75 Å². The highest BCUT2D eigenvalue weighted by atomic mass is 33.1. The molecule has 0 aromatic heterocycles. The van der Waals surface area contributed by atoms with Crippen molar-refractivity contribution in [2.24, 2.45) is 0 Å². The summed E-state index contributed by atoms with van der Waals surface area (Å²) in [6.45, 7) is 0. The summed E-state index contributed by atoms with van der Waals surface area (Å²) in [4.78, 5) is 0. The molecule has 0 unspecified atom stereocenters. The van der Waals surface area contributed by atoms with E-state index < -0.39 is 0 Å². The molecule has 2 nitrogen and oxygen atoms in total. The van der Waals surface area contributed by atoms with E-state index in [-0.39, 0.29) is 0 Å². The maximum Gasteiger partial charge on any atom is 0.132 e. The fourth-order valence-corrected chi connectivity index (χ4v) is 3.13. The minimum Gasteiger partial charge on any atom is -0.287 e. The second-order valence-electron chi connectivity index (χ2n) is 1.15. The molecule has 0 amide bonds. The lowest BCUT2D eigenvalue weighted by Crippen LogP contribution is -1.79. The van der Waals surface area contributed by atoms with Crippen molar-refractivity contribution in [2.45, 2.75) is 0 Å². The molecule has 58 valence electrons. The third-order valence-electron chi connectivity index (χ3n) is 0.564. The Hall–Kier alpha value is 0.740. The first-order valence-electron chi connectivity index (χ1n) is 2.30. The van der Waals surface area contributed by atoms with Crippen LogP contribution in [0.25, 0.3) is 0 Å². The number of hydrogen-bond acceptors (Lipinski definition) is 6. The molecule has 0 rings (SSSR count). The third-order valence-corrected chi connectivity index (χ3v) is 5.07. The summed E-state index contributed by atoms with van der Waals surface area (Å²) in [6.07, 6.45) is 3.72. The van der Waals surface area contributed by atoms with Gasteiger partial charge in [-0.3, -0.25) is 10.8 Å². The zero-order valence-corrected chi connectivity index (χ0v) is 8.90.